The number of hydrogen-bond acceptors (Lipinski definition) is 2. The first-order valence-corrected chi connectivity index (χ1v) is 20.5. The average Bonchev–Trinajstić information content (AvgIpc) is 2.65. The van der Waals surface area contributed by atoms with Gasteiger partial charge in [-0.25, -0.2) is 0 Å². The fraction of sp³-hybridized carbons (Fsp3) is 0.800. The second-order valence-electron chi connectivity index (χ2n) is 7.68. The second kappa shape index (κ2) is 6.18. The van der Waals surface area contributed by atoms with Crippen molar-refractivity contribution >= 4 is 45.3 Å². The predicted molar refractivity (Wildman–Crippen MR) is 95.8 cm³/mol. The molecule has 0 aliphatic rings. The molecule has 0 aromatic carbocycles. The van der Waals surface area contributed by atoms with E-state index in [0.29, 0.717) is 0 Å². The van der Waals surface area contributed by atoms with Crippen LogP contribution in [-0.4, -0.2) is 31.4 Å². The zero-order valence-corrected chi connectivity index (χ0v) is 18.8. The number of rotatable bonds is 5. The minimum absolute atomic E-state index is 0.765. The van der Waals surface area contributed by atoms with Gasteiger partial charge in [0.15, 0.2) is 0 Å². The quantitative estimate of drug-likeness (QED) is 0.655. The number of hydrogen-bond donors (Lipinski definition) is 0. The van der Waals surface area contributed by atoms with Gasteiger partial charge in [0.1, 0.15) is 0 Å². The van der Waals surface area contributed by atoms with Crippen LogP contribution in [0.25, 0.3) is 0 Å². The summed E-state index contributed by atoms with van der Waals surface area (Å²) in [6.07, 6.45) is 2.23. The van der Waals surface area contributed by atoms with Crippen LogP contribution in [0.15, 0.2) is 6.20 Å². The predicted octanol–water partition coefficient (Wildman–Crippen LogP) is 4.57. The normalized spacial score (nSPS) is 13.9. The maximum atomic E-state index is 4.95. The molecule has 0 N–H and O–H groups in total. The molecule has 1 aromatic rings. The summed E-state index contributed by atoms with van der Waals surface area (Å²) < 4.78 is 3.16. The fourth-order valence-electron chi connectivity index (χ4n) is 3.56. The first-order chi connectivity index (χ1) is 8.54. The van der Waals surface area contributed by atoms with Gasteiger partial charge < -0.3 is 0 Å². The summed E-state index contributed by atoms with van der Waals surface area (Å²) in [6, 6.07) is 0. The molecule has 0 bridgehead atoms. The molecule has 0 spiro atoms. The number of thiazole rings is 1. The SMILES string of the molecule is CC(C)[Si](c1nc[c]([Sn]([CH3])([CH3])[CH3])s1)(C(C)C)C(C)C. The summed E-state index contributed by atoms with van der Waals surface area (Å²) in [4.78, 5) is 12.4. The Morgan fingerprint density at radius 3 is 1.63 bits per heavy atom. The molecular formula is C15H31NSSiSn. The molecule has 0 saturated heterocycles. The van der Waals surface area contributed by atoms with Gasteiger partial charge in [0.2, 0.25) is 0 Å². The average molecular weight is 404 g/mol. The first kappa shape index (κ1) is 17.7. The topological polar surface area (TPSA) is 12.9 Å². The molecule has 1 aromatic heterocycles. The van der Waals surface area contributed by atoms with Gasteiger partial charge in [-0.1, -0.05) is 0 Å². The molecule has 0 aliphatic carbocycles. The van der Waals surface area contributed by atoms with E-state index in [4.69, 9.17) is 4.98 Å². The Morgan fingerprint density at radius 1 is 0.947 bits per heavy atom. The van der Waals surface area contributed by atoms with E-state index in [2.05, 4.69) is 73.9 Å². The summed E-state index contributed by atoms with van der Waals surface area (Å²) in [5, 5.41) is 0. The van der Waals surface area contributed by atoms with Gasteiger partial charge >= 0.3 is 129 Å². The van der Waals surface area contributed by atoms with Gasteiger partial charge in [-0.2, -0.15) is 0 Å². The van der Waals surface area contributed by atoms with Crippen molar-refractivity contribution in [1.29, 1.82) is 0 Å². The Labute approximate surface area is 129 Å². The molecule has 1 nitrogen and oxygen atoms in total. The van der Waals surface area contributed by atoms with E-state index in [0.717, 1.165) is 16.6 Å². The number of aromatic nitrogens is 1. The van der Waals surface area contributed by atoms with Crippen molar-refractivity contribution in [2.75, 3.05) is 0 Å². The van der Waals surface area contributed by atoms with E-state index in [-0.39, 0.29) is 0 Å². The van der Waals surface area contributed by atoms with E-state index < -0.39 is 26.5 Å². The standard InChI is InChI=1S/C12H22NSSi.3CH3.Sn/c1-9(2)15(10(3)4,11(5)6)12-13-7-8-14-12;;;;/h7,9-11H,1-6H3;3*1H3;. The Morgan fingerprint density at radius 2 is 1.37 bits per heavy atom. The molecule has 4 heteroatoms. The van der Waals surface area contributed by atoms with Crippen LogP contribution < -0.4 is 7.52 Å². The van der Waals surface area contributed by atoms with Crippen molar-refractivity contribution in [2.45, 2.75) is 73.0 Å². The van der Waals surface area contributed by atoms with Gasteiger partial charge in [0.25, 0.3) is 0 Å². The molecule has 0 amide bonds. The molecule has 0 unspecified atom stereocenters. The van der Waals surface area contributed by atoms with Crippen molar-refractivity contribution < 1.29 is 0 Å². The second-order valence-corrected chi connectivity index (χ2v) is 30.3. The van der Waals surface area contributed by atoms with Gasteiger partial charge in [-0.15, -0.1) is 0 Å². The van der Waals surface area contributed by atoms with Crippen LogP contribution in [0.1, 0.15) is 41.5 Å². The summed E-state index contributed by atoms with van der Waals surface area (Å²) in [5.41, 5.74) is 2.30. The van der Waals surface area contributed by atoms with Crippen molar-refractivity contribution in [3.63, 3.8) is 0 Å². The van der Waals surface area contributed by atoms with Gasteiger partial charge in [-0.3, -0.25) is 0 Å². The molecule has 19 heavy (non-hydrogen) atoms. The molecule has 0 fully saturated rings. The maximum absolute atomic E-state index is 4.95. The Hall–Kier alpha value is 0.646. The molecule has 110 valence electrons. The third-order valence-electron chi connectivity index (χ3n) is 4.48. The molecule has 0 radical (unpaired) electrons. The van der Waals surface area contributed by atoms with Crippen LogP contribution in [-0.2, 0) is 0 Å². The van der Waals surface area contributed by atoms with Crippen LogP contribution in [0.4, 0.5) is 0 Å². The first-order valence-electron chi connectivity index (χ1n) is 7.51. The van der Waals surface area contributed by atoms with E-state index in [1.165, 1.54) is 4.63 Å². The summed E-state index contributed by atoms with van der Waals surface area (Å²) in [6.45, 7) is 14.5. The zero-order valence-electron chi connectivity index (χ0n) is 14.2. The molecule has 0 aliphatic heterocycles. The van der Waals surface area contributed by atoms with Crippen molar-refractivity contribution in [1.82, 2.24) is 4.98 Å². The van der Waals surface area contributed by atoms with Crippen LogP contribution in [0.3, 0.4) is 0 Å². The van der Waals surface area contributed by atoms with E-state index in [9.17, 15) is 0 Å². The van der Waals surface area contributed by atoms with Crippen molar-refractivity contribution in [3.05, 3.63) is 6.20 Å². The summed E-state index contributed by atoms with van der Waals surface area (Å²) in [5.74, 6) is 0. The van der Waals surface area contributed by atoms with Crippen molar-refractivity contribution in [3.8, 4) is 0 Å². The van der Waals surface area contributed by atoms with Crippen molar-refractivity contribution in [2.24, 2.45) is 0 Å². The molecule has 0 saturated carbocycles. The molecule has 1 rings (SSSR count). The zero-order chi connectivity index (χ0) is 15.0. The van der Waals surface area contributed by atoms with E-state index in [1.807, 2.05) is 0 Å². The van der Waals surface area contributed by atoms with Gasteiger partial charge in [0.05, 0.1) is 0 Å². The van der Waals surface area contributed by atoms with E-state index in [1.54, 1.807) is 2.89 Å². The fourth-order valence-corrected chi connectivity index (χ4v) is 18.8. The summed E-state index contributed by atoms with van der Waals surface area (Å²) >= 11 is 0.121. The van der Waals surface area contributed by atoms with Crippen LogP contribution >= 0.6 is 11.3 Å². The third-order valence-corrected chi connectivity index (χ3v) is 22.6. The molecule has 0 atom stereocenters. The monoisotopic (exact) mass is 405 g/mol. The summed E-state index contributed by atoms with van der Waals surface area (Å²) in [7, 11) is -1.52. The van der Waals surface area contributed by atoms with Gasteiger partial charge in [0, 0.05) is 0 Å². The Bertz CT molecular complexity index is 396. The Balaban J connectivity index is 3.38. The van der Waals surface area contributed by atoms with Crippen LogP contribution in [0, 0.1) is 0 Å². The number of nitrogens with zero attached hydrogens (tertiary/aromatic N) is 1. The van der Waals surface area contributed by atoms with E-state index >= 15 is 0 Å². The Kier molecular flexibility index (Phi) is 5.76. The minimum atomic E-state index is -1.95. The van der Waals surface area contributed by atoms with Crippen LogP contribution in [0.2, 0.25) is 31.4 Å². The van der Waals surface area contributed by atoms with Crippen LogP contribution in [0.5, 0.6) is 0 Å². The third kappa shape index (κ3) is 3.29. The molecular weight excluding hydrogens is 373 g/mol. The molecule has 1 heterocycles. The van der Waals surface area contributed by atoms with Gasteiger partial charge in [-0.05, 0) is 0 Å².